The molecule has 0 aromatic heterocycles. The van der Waals surface area contributed by atoms with Gasteiger partial charge in [-0.2, -0.15) is 0 Å². The Morgan fingerprint density at radius 2 is 1.67 bits per heavy atom. The van der Waals surface area contributed by atoms with Gasteiger partial charge in [0.05, 0.1) is 0 Å². The monoisotopic (exact) mass is 374 g/mol. The van der Waals surface area contributed by atoms with E-state index in [0.717, 1.165) is 38.0 Å². The van der Waals surface area contributed by atoms with Crippen molar-refractivity contribution in [3.05, 3.63) is 11.6 Å². The van der Waals surface area contributed by atoms with Gasteiger partial charge in [-0.3, -0.25) is 9.59 Å². The predicted octanol–water partition coefficient (Wildman–Crippen LogP) is 4.81. The van der Waals surface area contributed by atoms with E-state index in [1.54, 1.807) is 6.92 Å². The highest BCUT2D eigenvalue weighted by molar-refractivity contribution is 5.66. The van der Waals surface area contributed by atoms with Gasteiger partial charge in [0, 0.05) is 19.3 Å². The number of ether oxygens (including phenoxy) is 2. The van der Waals surface area contributed by atoms with Crippen LogP contribution in [-0.4, -0.2) is 24.1 Å². The molecular formula is C23H34O4. The van der Waals surface area contributed by atoms with Crippen LogP contribution in [0, 0.1) is 28.6 Å². The molecule has 3 saturated carbocycles. The molecule has 27 heavy (non-hydrogen) atoms. The van der Waals surface area contributed by atoms with Crippen LogP contribution in [0.3, 0.4) is 0 Å². The van der Waals surface area contributed by atoms with Gasteiger partial charge < -0.3 is 9.47 Å². The summed E-state index contributed by atoms with van der Waals surface area (Å²) in [4.78, 5) is 22.9. The third-order valence-corrected chi connectivity index (χ3v) is 8.61. The second-order valence-corrected chi connectivity index (χ2v) is 9.93. The zero-order chi connectivity index (χ0) is 19.4. The summed E-state index contributed by atoms with van der Waals surface area (Å²) in [6.45, 7) is 7.88. The molecule has 4 rings (SSSR count). The number of carbonyl (C=O) groups excluding carboxylic acids is 2. The molecule has 4 heteroatoms. The van der Waals surface area contributed by atoms with Gasteiger partial charge in [-0.05, 0) is 80.6 Å². The first-order valence-electron chi connectivity index (χ1n) is 10.8. The lowest BCUT2D eigenvalue weighted by molar-refractivity contribution is -0.157. The van der Waals surface area contributed by atoms with Crippen molar-refractivity contribution in [1.29, 1.82) is 0 Å². The molecule has 0 spiro atoms. The lowest BCUT2D eigenvalue weighted by Crippen LogP contribution is -2.52. The van der Waals surface area contributed by atoms with Crippen LogP contribution in [0.1, 0.15) is 79.1 Å². The molecule has 4 nitrogen and oxygen atoms in total. The lowest BCUT2D eigenvalue weighted by Gasteiger charge is -2.58. The first-order chi connectivity index (χ1) is 12.7. The van der Waals surface area contributed by atoms with Crippen LogP contribution in [-0.2, 0) is 19.1 Å². The van der Waals surface area contributed by atoms with Gasteiger partial charge in [0.25, 0.3) is 0 Å². The zero-order valence-corrected chi connectivity index (χ0v) is 17.3. The Hall–Kier alpha value is -1.32. The number of fused-ring (bicyclic) bond motifs is 5. The largest absolute Gasteiger partial charge is 0.462 e. The number of carbonyl (C=O) groups is 2. The van der Waals surface area contributed by atoms with Crippen molar-refractivity contribution in [2.24, 2.45) is 28.6 Å². The maximum atomic E-state index is 11.6. The molecular weight excluding hydrogens is 340 g/mol. The van der Waals surface area contributed by atoms with Crippen molar-refractivity contribution in [1.82, 2.24) is 0 Å². The van der Waals surface area contributed by atoms with Crippen LogP contribution >= 0.6 is 0 Å². The lowest BCUT2D eigenvalue weighted by atomic mass is 9.47. The number of rotatable bonds is 2. The smallest absolute Gasteiger partial charge is 0.303 e. The molecule has 0 unspecified atom stereocenters. The first kappa shape index (κ1) is 19.0. The molecule has 0 saturated heterocycles. The average molecular weight is 375 g/mol. The summed E-state index contributed by atoms with van der Waals surface area (Å²) in [6, 6.07) is 0. The Balaban J connectivity index is 1.56. The molecule has 7 atom stereocenters. The molecule has 0 bridgehead atoms. The standard InChI is InChI=1S/C23H34O4/c1-14(24)26-17-9-11-22(3)16(13-17)5-6-18-19-7-8-21(27-15(2)25)23(19,4)12-10-20(18)22/h13,17-21H,5-12H2,1-4H3/t17-,18-,19-,20-,21+,22-,23-/m0/s1. The molecule has 4 aliphatic carbocycles. The van der Waals surface area contributed by atoms with E-state index in [2.05, 4.69) is 19.9 Å². The van der Waals surface area contributed by atoms with Crippen molar-refractivity contribution in [2.75, 3.05) is 0 Å². The minimum Gasteiger partial charge on any atom is -0.462 e. The van der Waals surface area contributed by atoms with Crippen LogP contribution in [0.25, 0.3) is 0 Å². The van der Waals surface area contributed by atoms with E-state index in [1.807, 2.05) is 0 Å². The summed E-state index contributed by atoms with van der Waals surface area (Å²) < 4.78 is 11.2. The van der Waals surface area contributed by atoms with E-state index in [4.69, 9.17) is 9.47 Å². The van der Waals surface area contributed by atoms with E-state index in [0.29, 0.717) is 11.8 Å². The zero-order valence-electron chi connectivity index (χ0n) is 17.3. The van der Waals surface area contributed by atoms with Crippen molar-refractivity contribution >= 4 is 11.9 Å². The molecule has 0 N–H and O–H groups in total. The third-order valence-electron chi connectivity index (χ3n) is 8.61. The molecule has 0 amide bonds. The molecule has 4 aliphatic rings. The van der Waals surface area contributed by atoms with E-state index in [9.17, 15) is 9.59 Å². The molecule has 3 fully saturated rings. The van der Waals surface area contributed by atoms with Gasteiger partial charge in [0.1, 0.15) is 12.2 Å². The van der Waals surface area contributed by atoms with Gasteiger partial charge in [-0.1, -0.05) is 19.4 Å². The van der Waals surface area contributed by atoms with Gasteiger partial charge in [0.2, 0.25) is 0 Å². The van der Waals surface area contributed by atoms with Crippen molar-refractivity contribution in [2.45, 2.75) is 91.3 Å². The minimum atomic E-state index is -0.176. The number of allylic oxidation sites excluding steroid dienone is 1. The summed E-state index contributed by atoms with van der Waals surface area (Å²) in [6.07, 6.45) is 11.4. The highest BCUT2D eigenvalue weighted by Crippen LogP contribution is 2.65. The highest BCUT2D eigenvalue weighted by Gasteiger charge is 2.59. The Bertz CT molecular complexity index is 667. The summed E-state index contributed by atoms with van der Waals surface area (Å²) >= 11 is 0. The van der Waals surface area contributed by atoms with E-state index in [1.165, 1.54) is 31.8 Å². The van der Waals surface area contributed by atoms with Gasteiger partial charge in [0.15, 0.2) is 0 Å². The van der Waals surface area contributed by atoms with E-state index in [-0.39, 0.29) is 35.0 Å². The molecule has 0 aliphatic heterocycles. The molecule has 150 valence electrons. The van der Waals surface area contributed by atoms with Crippen molar-refractivity contribution < 1.29 is 19.1 Å². The van der Waals surface area contributed by atoms with Crippen LogP contribution in [0.4, 0.5) is 0 Å². The first-order valence-corrected chi connectivity index (χ1v) is 10.8. The fourth-order valence-corrected chi connectivity index (χ4v) is 7.35. The van der Waals surface area contributed by atoms with Crippen LogP contribution in [0.15, 0.2) is 11.6 Å². The fraction of sp³-hybridized carbons (Fsp3) is 0.826. The van der Waals surface area contributed by atoms with Gasteiger partial charge in [-0.25, -0.2) is 0 Å². The average Bonchev–Trinajstić information content (AvgIpc) is 2.91. The Kier molecular flexibility index (Phi) is 4.67. The summed E-state index contributed by atoms with van der Waals surface area (Å²) in [5.74, 6) is 1.81. The van der Waals surface area contributed by atoms with Gasteiger partial charge >= 0.3 is 11.9 Å². The highest BCUT2D eigenvalue weighted by atomic mass is 16.5. The second-order valence-electron chi connectivity index (χ2n) is 9.93. The maximum absolute atomic E-state index is 11.6. The molecule has 0 heterocycles. The van der Waals surface area contributed by atoms with Crippen molar-refractivity contribution in [3.8, 4) is 0 Å². The molecule has 0 aromatic carbocycles. The Morgan fingerprint density at radius 3 is 2.37 bits per heavy atom. The maximum Gasteiger partial charge on any atom is 0.303 e. The third kappa shape index (κ3) is 3.03. The Morgan fingerprint density at radius 1 is 0.926 bits per heavy atom. The topological polar surface area (TPSA) is 52.6 Å². The summed E-state index contributed by atoms with van der Waals surface area (Å²) in [7, 11) is 0. The normalized spacial score (nSPS) is 45.8. The fourth-order valence-electron chi connectivity index (χ4n) is 7.35. The molecule has 0 radical (unpaired) electrons. The van der Waals surface area contributed by atoms with Crippen LogP contribution in [0.2, 0.25) is 0 Å². The predicted molar refractivity (Wildman–Crippen MR) is 103 cm³/mol. The quantitative estimate of drug-likeness (QED) is 0.514. The number of esters is 2. The Labute approximate surface area is 163 Å². The van der Waals surface area contributed by atoms with Crippen molar-refractivity contribution in [3.63, 3.8) is 0 Å². The number of hydrogen-bond acceptors (Lipinski definition) is 4. The van der Waals surface area contributed by atoms with Gasteiger partial charge in [-0.15, -0.1) is 0 Å². The minimum absolute atomic E-state index is 0.0317. The summed E-state index contributed by atoms with van der Waals surface area (Å²) in [5.41, 5.74) is 1.93. The van der Waals surface area contributed by atoms with E-state index >= 15 is 0 Å². The van der Waals surface area contributed by atoms with Crippen LogP contribution < -0.4 is 0 Å². The molecule has 0 aromatic rings. The van der Waals surface area contributed by atoms with E-state index < -0.39 is 0 Å². The number of hydrogen-bond donors (Lipinski definition) is 0. The summed E-state index contributed by atoms with van der Waals surface area (Å²) in [5, 5.41) is 0. The van der Waals surface area contributed by atoms with Crippen LogP contribution in [0.5, 0.6) is 0 Å². The SMILES string of the molecule is CC(=O)O[C@@H]1C=C2CC[C@H]3[C@@H]4CC[C@@H](OC(C)=O)[C@@]4(C)CC[C@@H]3[C@@]2(C)CC1. The second kappa shape index (κ2) is 6.63.